The van der Waals surface area contributed by atoms with Gasteiger partial charge in [-0.05, 0) is 18.6 Å². The summed E-state index contributed by atoms with van der Waals surface area (Å²) in [5, 5.41) is 0.550. The lowest BCUT2D eigenvalue weighted by molar-refractivity contribution is 0.0983. The van der Waals surface area contributed by atoms with Crippen LogP contribution in [0.2, 0.25) is 5.02 Å². The molecule has 3 heteroatoms. The van der Waals surface area contributed by atoms with Crippen LogP contribution in [-0.2, 0) is 0 Å². The van der Waals surface area contributed by atoms with Crippen molar-refractivity contribution in [1.82, 2.24) is 0 Å². The van der Waals surface area contributed by atoms with Gasteiger partial charge in [0.15, 0.2) is 5.78 Å². The Morgan fingerprint density at radius 1 is 1.54 bits per heavy atom. The summed E-state index contributed by atoms with van der Waals surface area (Å²) in [5.41, 5.74) is 1.04. The number of halogens is 1. The number of benzene rings is 1. The fourth-order valence-corrected chi connectivity index (χ4v) is 1.30. The number of hydrogen-bond acceptors (Lipinski definition) is 1. The Morgan fingerprint density at radius 2 is 2.23 bits per heavy atom. The van der Waals surface area contributed by atoms with Gasteiger partial charge in [-0.2, -0.15) is 0 Å². The quantitative estimate of drug-likeness (QED) is 0.530. The predicted octanol–water partition coefficient (Wildman–Crippen LogP) is 2.12. The van der Waals surface area contributed by atoms with Gasteiger partial charge in [-0.15, -0.1) is 0 Å². The molecule has 1 aromatic rings. The molecule has 2 radical (unpaired) electrons. The molecule has 13 heavy (non-hydrogen) atoms. The zero-order valence-electron chi connectivity index (χ0n) is 7.51. The number of Topliss-reactive ketones (excluding diaryl/α,β-unsaturated/α-hetero) is 1. The monoisotopic (exact) mass is 192 g/mol. The number of hydrogen-bond donors (Lipinski definition) is 0. The van der Waals surface area contributed by atoms with E-state index in [-0.39, 0.29) is 5.78 Å². The molecule has 0 N–H and O–H groups in total. The summed E-state index contributed by atoms with van der Waals surface area (Å²) in [6.07, 6.45) is 1.34. The van der Waals surface area contributed by atoms with Crippen LogP contribution in [0.25, 0.3) is 0 Å². The van der Waals surface area contributed by atoms with E-state index in [9.17, 15) is 4.79 Å². The van der Waals surface area contributed by atoms with Gasteiger partial charge in [-0.25, -0.2) is 0 Å². The third-order valence-electron chi connectivity index (χ3n) is 1.79. The van der Waals surface area contributed by atoms with Crippen LogP contribution in [0.5, 0.6) is 0 Å². The summed E-state index contributed by atoms with van der Waals surface area (Å²) in [7, 11) is 5.64. The second-order valence-corrected chi connectivity index (χ2v) is 3.34. The second kappa shape index (κ2) is 4.47. The van der Waals surface area contributed by atoms with Gasteiger partial charge >= 0.3 is 0 Å². The van der Waals surface area contributed by atoms with Gasteiger partial charge in [0, 0.05) is 17.0 Å². The zero-order chi connectivity index (χ0) is 9.84. The van der Waals surface area contributed by atoms with Gasteiger partial charge in [0.1, 0.15) is 7.85 Å². The third-order valence-corrected chi connectivity index (χ3v) is 2.03. The first-order chi connectivity index (χ1) is 6.15. The highest BCUT2D eigenvalue weighted by atomic mass is 35.5. The Morgan fingerprint density at radius 3 is 2.85 bits per heavy atom. The average molecular weight is 192 g/mol. The number of rotatable bonds is 3. The fourth-order valence-electron chi connectivity index (χ4n) is 1.13. The number of carbonyl (C=O) groups is 1. The van der Waals surface area contributed by atoms with E-state index in [2.05, 4.69) is 0 Å². The highest BCUT2D eigenvalue weighted by Crippen LogP contribution is 2.10. The summed E-state index contributed by atoms with van der Waals surface area (Å²) in [5.74, 6) is 0.0579. The minimum Gasteiger partial charge on any atom is -0.294 e. The minimum atomic E-state index is 0.0579. The lowest BCUT2D eigenvalue weighted by atomic mass is 9.88. The normalized spacial score (nSPS) is 10.0. The van der Waals surface area contributed by atoms with Crippen molar-refractivity contribution < 1.29 is 4.79 Å². The summed E-state index contributed by atoms with van der Waals surface area (Å²) >= 11 is 5.75. The molecule has 0 unspecified atom stereocenters. The molecule has 0 atom stereocenters. The fraction of sp³-hybridized carbons (Fsp3) is 0.300. The number of ketones is 1. The molecule has 1 rings (SSSR count). The molecule has 1 aromatic carbocycles. The largest absolute Gasteiger partial charge is 0.294 e. The van der Waals surface area contributed by atoms with Crippen LogP contribution in [0.3, 0.4) is 0 Å². The predicted molar refractivity (Wildman–Crippen MR) is 56.1 cm³/mol. The molecule has 0 spiro atoms. The first-order valence-electron chi connectivity index (χ1n) is 4.23. The average Bonchev–Trinajstić information content (AvgIpc) is 2.09. The molecule has 1 nitrogen and oxygen atoms in total. The van der Waals surface area contributed by atoms with E-state index in [0.29, 0.717) is 22.5 Å². The molecule has 0 aliphatic heterocycles. The third kappa shape index (κ3) is 2.59. The lowest BCUT2D eigenvalue weighted by Crippen LogP contribution is -2.15. The molecule has 0 aliphatic carbocycles. The smallest absolute Gasteiger partial charge is 0.162 e. The van der Waals surface area contributed by atoms with Gasteiger partial charge in [0.2, 0.25) is 0 Å². The van der Waals surface area contributed by atoms with Gasteiger partial charge in [-0.3, -0.25) is 4.79 Å². The Bertz CT molecular complexity index is 323. The van der Waals surface area contributed by atoms with Crippen LogP contribution in [0.4, 0.5) is 0 Å². The summed E-state index contributed by atoms with van der Waals surface area (Å²) in [6.45, 7) is 1.96. The van der Waals surface area contributed by atoms with Crippen molar-refractivity contribution in [2.45, 2.75) is 19.8 Å². The molecular formula is C10H10BClO. The molecule has 0 aliphatic rings. The Balaban J connectivity index is 2.99. The molecule has 66 valence electrons. The molecule has 0 heterocycles. The van der Waals surface area contributed by atoms with Crippen LogP contribution >= 0.6 is 11.6 Å². The Kier molecular flexibility index (Phi) is 3.55. The second-order valence-electron chi connectivity index (χ2n) is 2.90. The van der Waals surface area contributed by atoms with E-state index in [1.54, 1.807) is 18.2 Å². The molecule has 0 aromatic heterocycles. The van der Waals surface area contributed by atoms with Crippen molar-refractivity contribution in [3.63, 3.8) is 0 Å². The van der Waals surface area contributed by atoms with Crippen LogP contribution < -0.4 is 5.46 Å². The first-order valence-corrected chi connectivity index (χ1v) is 4.61. The van der Waals surface area contributed by atoms with Gasteiger partial charge in [0.25, 0.3) is 0 Å². The standard InChI is InChI=1S/C10H10BClO/c1-2-3-10(13)8-6-7(12)4-5-9(8)11/h4-6H,2-3H2,1H3. The van der Waals surface area contributed by atoms with Crippen LogP contribution in [-0.4, -0.2) is 13.6 Å². The maximum absolute atomic E-state index is 11.5. The molecule has 0 saturated carbocycles. The van der Waals surface area contributed by atoms with Crippen molar-refractivity contribution in [3.05, 3.63) is 28.8 Å². The van der Waals surface area contributed by atoms with Crippen molar-refractivity contribution in [1.29, 1.82) is 0 Å². The van der Waals surface area contributed by atoms with E-state index in [1.165, 1.54) is 0 Å². The summed E-state index contributed by atoms with van der Waals surface area (Å²) in [4.78, 5) is 11.5. The highest BCUT2D eigenvalue weighted by Gasteiger charge is 2.07. The molecule has 0 bridgehead atoms. The molecular weight excluding hydrogens is 182 g/mol. The van der Waals surface area contributed by atoms with Crippen molar-refractivity contribution in [2.75, 3.05) is 0 Å². The van der Waals surface area contributed by atoms with E-state index in [1.807, 2.05) is 6.92 Å². The zero-order valence-corrected chi connectivity index (χ0v) is 8.27. The number of carbonyl (C=O) groups excluding carboxylic acids is 1. The minimum absolute atomic E-state index is 0.0579. The summed E-state index contributed by atoms with van der Waals surface area (Å²) < 4.78 is 0. The van der Waals surface area contributed by atoms with Crippen LogP contribution in [0.15, 0.2) is 18.2 Å². The lowest BCUT2D eigenvalue weighted by Gasteiger charge is -2.04. The molecule has 0 saturated heterocycles. The van der Waals surface area contributed by atoms with Crippen LogP contribution in [0.1, 0.15) is 30.1 Å². The van der Waals surface area contributed by atoms with Crippen molar-refractivity contribution >= 4 is 30.7 Å². The van der Waals surface area contributed by atoms with Gasteiger partial charge in [0.05, 0.1) is 0 Å². The maximum atomic E-state index is 11.5. The Labute approximate surface area is 84.5 Å². The molecule has 0 fully saturated rings. The van der Waals surface area contributed by atoms with Gasteiger partial charge < -0.3 is 0 Å². The van der Waals surface area contributed by atoms with Crippen molar-refractivity contribution in [3.8, 4) is 0 Å². The topological polar surface area (TPSA) is 17.1 Å². The SMILES string of the molecule is [B]c1ccc(Cl)cc1C(=O)CCC. The van der Waals surface area contributed by atoms with Gasteiger partial charge in [-0.1, -0.05) is 30.1 Å². The maximum Gasteiger partial charge on any atom is 0.162 e. The first kappa shape index (κ1) is 10.3. The molecule has 0 amide bonds. The van der Waals surface area contributed by atoms with E-state index >= 15 is 0 Å². The van der Waals surface area contributed by atoms with E-state index in [0.717, 1.165) is 6.42 Å². The highest BCUT2D eigenvalue weighted by molar-refractivity contribution is 6.38. The van der Waals surface area contributed by atoms with Crippen LogP contribution in [0, 0.1) is 0 Å². The Hall–Kier alpha value is -0.755. The van der Waals surface area contributed by atoms with E-state index < -0.39 is 0 Å². The summed E-state index contributed by atoms with van der Waals surface area (Å²) in [6, 6.07) is 4.96. The van der Waals surface area contributed by atoms with Crippen molar-refractivity contribution in [2.24, 2.45) is 0 Å². The van der Waals surface area contributed by atoms with E-state index in [4.69, 9.17) is 19.4 Å².